The van der Waals surface area contributed by atoms with E-state index in [1.165, 1.54) is 25.1 Å². The number of benzene rings is 1. The summed E-state index contributed by atoms with van der Waals surface area (Å²) in [6, 6.07) is 3.99. The minimum Gasteiger partial charge on any atom is -0.507 e. The van der Waals surface area contributed by atoms with E-state index in [9.17, 15) is 19.5 Å². The molecule has 1 N–H and O–H groups in total. The monoisotopic (exact) mass is 336 g/mol. The van der Waals surface area contributed by atoms with Crippen LogP contribution in [-0.2, 0) is 19.1 Å². The van der Waals surface area contributed by atoms with Crippen molar-refractivity contribution in [3.63, 3.8) is 0 Å². The Labute approximate surface area is 139 Å². The second kappa shape index (κ2) is 8.71. The molecule has 130 valence electrons. The molecule has 0 bridgehead atoms. The summed E-state index contributed by atoms with van der Waals surface area (Å²) in [4.78, 5) is 35.6. The molecule has 0 aliphatic rings. The highest BCUT2D eigenvalue weighted by Gasteiger charge is 2.27. The second-order valence-electron chi connectivity index (χ2n) is 5.03. The lowest BCUT2D eigenvalue weighted by Gasteiger charge is -2.17. The Bertz CT molecular complexity index is 648. The molecule has 7 nitrogen and oxygen atoms in total. The van der Waals surface area contributed by atoms with Gasteiger partial charge in [0, 0.05) is 5.57 Å². The summed E-state index contributed by atoms with van der Waals surface area (Å²) < 4.78 is 14.7. The number of ether oxygens (including phenoxy) is 3. The van der Waals surface area contributed by atoms with Crippen LogP contribution in [0.25, 0.3) is 0 Å². The minimum absolute atomic E-state index is 0.150. The fourth-order valence-corrected chi connectivity index (χ4v) is 1.80. The molecule has 0 saturated heterocycles. The molecule has 0 spiro atoms. The number of hydrogen-bond donors (Lipinski definition) is 1. The average Bonchev–Trinajstić information content (AvgIpc) is 2.53. The van der Waals surface area contributed by atoms with Gasteiger partial charge in [-0.1, -0.05) is 26.0 Å². The van der Waals surface area contributed by atoms with Crippen molar-refractivity contribution in [2.75, 3.05) is 7.11 Å². The van der Waals surface area contributed by atoms with Crippen LogP contribution in [-0.4, -0.2) is 36.2 Å². The van der Waals surface area contributed by atoms with Crippen LogP contribution < -0.4 is 4.74 Å². The molecule has 1 atom stereocenters. The third-order valence-electron chi connectivity index (χ3n) is 3.02. The Kier molecular flexibility index (Phi) is 6.98. The lowest BCUT2D eigenvalue weighted by molar-refractivity contribution is -0.159. The zero-order chi connectivity index (χ0) is 18.3. The summed E-state index contributed by atoms with van der Waals surface area (Å²) in [6.45, 7) is 6.72. The normalized spacial score (nSPS) is 11.3. The van der Waals surface area contributed by atoms with Crippen LogP contribution in [0, 0.1) is 0 Å². The molecule has 0 saturated carbocycles. The summed E-state index contributed by atoms with van der Waals surface area (Å²) in [6.07, 6.45) is -0.343. The molecule has 0 aliphatic heterocycles. The van der Waals surface area contributed by atoms with Crippen LogP contribution in [0.1, 0.15) is 37.0 Å². The first-order valence-corrected chi connectivity index (χ1v) is 7.30. The number of aromatic hydroxyl groups is 1. The Morgan fingerprint density at radius 3 is 2.50 bits per heavy atom. The van der Waals surface area contributed by atoms with Crippen molar-refractivity contribution in [3.8, 4) is 11.5 Å². The highest BCUT2D eigenvalue weighted by Crippen LogP contribution is 2.28. The van der Waals surface area contributed by atoms with Gasteiger partial charge in [0.25, 0.3) is 0 Å². The van der Waals surface area contributed by atoms with E-state index in [4.69, 9.17) is 9.47 Å². The zero-order valence-electron chi connectivity index (χ0n) is 13.8. The Balaban J connectivity index is 3.03. The number of carbonyl (C=O) groups is 3. The first-order chi connectivity index (χ1) is 11.3. The Morgan fingerprint density at radius 1 is 1.29 bits per heavy atom. The summed E-state index contributed by atoms with van der Waals surface area (Å²) in [5, 5.41) is 9.78. The van der Waals surface area contributed by atoms with Gasteiger partial charge in [-0.3, -0.25) is 0 Å². The Morgan fingerprint density at radius 2 is 1.96 bits per heavy atom. The smallest absolute Gasteiger partial charge is 0.352 e. The first-order valence-electron chi connectivity index (χ1n) is 7.30. The summed E-state index contributed by atoms with van der Waals surface area (Å²) in [7, 11) is 1.13. The highest BCUT2D eigenvalue weighted by atomic mass is 16.6. The molecule has 0 fully saturated rings. The molecule has 0 aliphatic carbocycles. The minimum atomic E-state index is -1.15. The van der Waals surface area contributed by atoms with Gasteiger partial charge in [0.1, 0.15) is 17.1 Å². The van der Waals surface area contributed by atoms with Crippen LogP contribution in [0.5, 0.6) is 11.5 Å². The number of phenols is 1. The molecule has 24 heavy (non-hydrogen) atoms. The number of esters is 3. The summed E-state index contributed by atoms with van der Waals surface area (Å²) in [5.41, 5.74) is -0.133. The van der Waals surface area contributed by atoms with E-state index in [2.05, 4.69) is 11.3 Å². The molecule has 1 aromatic carbocycles. The van der Waals surface area contributed by atoms with E-state index in [0.29, 0.717) is 6.42 Å². The van der Waals surface area contributed by atoms with Crippen molar-refractivity contribution >= 4 is 17.9 Å². The van der Waals surface area contributed by atoms with Crippen LogP contribution in [0.4, 0.5) is 0 Å². The van der Waals surface area contributed by atoms with Gasteiger partial charge >= 0.3 is 17.9 Å². The van der Waals surface area contributed by atoms with Crippen molar-refractivity contribution in [3.05, 3.63) is 35.9 Å². The predicted octanol–water partition coefficient (Wildman–Crippen LogP) is 2.37. The van der Waals surface area contributed by atoms with Gasteiger partial charge in [0.2, 0.25) is 0 Å². The molecule has 1 aromatic rings. The van der Waals surface area contributed by atoms with Gasteiger partial charge in [-0.25, -0.2) is 14.4 Å². The van der Waals surface area contributed by atoms with Crippen LogP contribution in [0.2, 0.25) is 0 Å². The third kappa shape index (κ3) is 4.84. The van der Waals surface area contributed by atoms with Crippen molar-refractivity contribution < 1.29 is 33.7 Å². The molecule has 0 amide bonds. The molecule has 0 radical (unpaired) electrons. The van der Waals surface area contributed by atoms with Crippen LogP contribution in [0.15, 0.2) is 30.4 Å². The van der Waals surface area contributed by atoms with Gasteiger partial charge < -0.3 is 19.3 Å². The number of phenolic OH excluding ortho intramolecular Hbond substituents is 1. The SMILES string of the molecule is C=C(C)C(=O)OC(CCC)C(=O)Oc1cccc(O)c1C(=O)OC. The summed E-state index contributed by atoms with van der Waals surface area (Å²) >= 11 is 0. The number of hydrogen-bond acceptors (Lipinski definition) is 7. The van der Waals surface area contributed by atoms with Crippen LogP contribution >= 0.6 is 0 Å². The van der Waals surface area contributed by atoms with E-state index < -0.39 is 29.8 Å². The summed E-state index contributed by atoms with van der Waals surface area (Å²) in [5.74, 6) is -3.00. The highest BCUT2D eigenvalue weighted by molar-refractivity contribution is 5.96. The van der Waals surface area contributed by atoms with Crippen molar-refractivity contribution in [2.24, 2.45) is 0 Å². The van der Waals surface area contributed by atoms with Crippen molar-refractivity contribution in [1.29, 1.82) is 0 Å². The van der Waals surface area contributed by atoms with E-state index in [1.807, 2.05) is 6.92 Å². The fourth-order valence-electron chi connectivity index (χ4n) is 1.80. The van der Waals surface area contributed by atoms with Gasteiger partial charge in [0.15, 0.2) is 6.10 Å². The Hall–Kier alpha value is -2.83. The van der Waals surface area contributed by atoms with Gasteiger partial charge in [-0.2, -0.15) is 0 Å². The van der Waals surface area contributed by atoms with Gasteiger partial charge in [0.05, 0.1) is 7.11 Å². The molecule has 1 unspecified atom stereocenters. The van der Waals surface area contributed by atoms with Gasteiger partial charge in [-0.15, -0.1) is 0 Å². The quantitative estimate of drug-likeness (QED) is 0.463. The maximum absolute atomic E-state index is 12.3. The molecule has 1 rings (SSSR count). The molecule has 0 aromatic heterocycles. The molecular weight excluding hydrogens is 316 g/mol. The van der Waals surface area contributed by atoms with Crippen LogP contribution in [0.3, 0.4) is 0 Å². The average molecular weight is 336 g/mol. The lowest BCUT2D eigenvalue weighted by Crippen LogP contribution is -2.31. The van der Waals surface area contributed by atoms with E-state index in [1.54, 1.807) is 0 Å². The standard InChI is InChI=1S/C17H20O7/c1-5-7-13(24-15(19)10(2)3)16(20)23-12-9-6-8-11(18)14(12)17(21)22-4/h6,8-9,13,18H,2,5,7H2,1,3-4H3. The van der Waals surface area contributed by atoms with Crippen molar-refractivity contribution in [2.45, 2.75) is 32.8 Å². The number of rotatable bonds is 7. The van der Waals surface area contributed by atoms with E-state index >= 15 is 0 Å². The zero-order valence-corrected chi connectivity index (χ0v) is 13.8. The van der Waals surface area contributed by atoms with Crippen molar-refractivity contribution in [1.82, 2.24) is 0 Å². The maximum atomic E-state index is 12.3. The number of methoxy groups -OCH3 is 1. The molecular formula is C17H20O7. The largest absolute Gasteiger partial charge is 0.507 e. The predicted molar refractivity (Wildman–Crippen MR) is 84.7 cm³/mol. The molecule has 7 heteroatoms. The number of carbonyl (C=O) groups excluding carboxylic acids is 3. The topological polar surface area (TPSA) is 99.1 Å². The maximum Gasteiger partial charge on any atom is 0.352 e. The van der Waals surface area contributed by atoms with E-state index in [-0.39, 0.29) is 23.3 Å². The second-order valence-corrected chi connectivity index (χ2v) is 5.03. The first kappa shape index (κ1) is 19.2. The van der Waals surface area contributed by atoms with Gasteiger partial charge in [-0.05, 0) is 25.5 Å². The fraction of sp³-hybridized carbons (Fsp3) is 0.353. The lowest BCUT2D eigenvalue weighted by atomic mass is 10.1. The molecule has 0 heterocycles. The third-order valence-corrected chi connectivity index (χ3v) is 3.02. The van der Waals surface area contributed by atoms with E-state index in [0.717, 1.165) is 7.11 Å².